The van der Waals surface area contributed by atoms with E-state index < -0.39 is 0 Å². The summed E-state index contributed by atoms with van der Waals surface area (Å²) < 4.78 is 5.56. The van der Waals surface area contributed by atoms with Crippen LogP contribution in [-0.2, 0) is 5.41 Å². The number of rotatable bonds is 4. The quantitative estimate of drug-likeness (QED) is 0.833. The molecule has 0 aliphatic heterocycles. The Hall–Kier alpha value is -1.28. The molecule has 1 aromatic rings. The SMILES string of the molecule is COc1ccccc1C1(CNC(C)(C)C)CC=CC1. The van der Waals surface area contributed by atoms with E-state index in [-0.39, 0.29) is 11.0 Å². The molecule has 0 aromatic heterocycles. The highest BCUT2D eigenvalue weighted by Gasteiger charge is 2.35. The number of para-hydroxylation sites is 1. The number of hydrogen-bond acceptors (Lipinski definition) is 2. The van der Waals surface area contributed by atoms with Crippen LogP contribution in [0.5, 0.6) is 5.75 Å². The Morgan fingerprint density at radius 1 is 1.16 bits per heavy atom. The second kappa shape index (κ2) is 5.38. The van der Waals surface area contributed by atoms with Crippen molar-refractivity contribution in [1.29, 1.82) is 0 Å². The number of hydrogen-bond donors (Lipinski definition) is 1. The molecule has 2 rings (SSSR count). The third-order valence-corrected chi connectivity index (χ3v) is 3.82. The summed E-state index contributed by atoms with van der Waals surface area (Å²) in [6.07, 6.45) is 6.74. The van der Waals surface area contributed by atoms with Gasteiger partial charge in [-0.05, 0) is 39.7 Å². The Labute approximate surface area is 116 Å². The zero-order chi connectivity index (χ0) is 13.9. The predicted molar refractivity (Wildman–Crippen MR) is 80.8 cm³/mol. The van der Waals surface area contributed by atoms with Crippen LogP contribution in [0.1, 0.15) is 39.2 Å². The lowest BCUT2D eigenvalue weighted by molar-refractivity contribution is 0.326. The van der Waals surface area contributed by atoms with Gasteiger partial charge in [0.1, 0.15) is 5.75 Å². The zero-order valence-electron chi connectivity index (χ0n) is 12.5. The third kappa shape index (κ3) is 3.19. The van der Waals surface area contributed by atoms with Gasteiger partial charge in [0.25, 0.3) is 0 Å². The van der Waals surface area contributed by atoms with Crippen molar-refractivity contribution in [2.75, 3.05) is 13.7 Å². The average Bonchev–Trinajstić information content (AvgIpc) is 2.85. The molecule has 0 atom stereocenters. The van der Waals surface area contributed by atoms with Crippen molar-refractivity contribution in [3.05, 3.63) is 42.0 Å². The van der Waals surface area contributed by atoms with Crippen LogP contribution in [-0.4, -0.2) is 19.2 Å². The Morgan fingerprint density at radius 2 is 1.79 bits per heavy atom. The topological polar surface area (TPSA) is 21.3 Å². The molecule has 104 valence electrons. The standard InChI is InChI=1S/C17H25NO/c1-16(2,3)18-13-17(11-7-8-12-17)14-9-5-6-10-15(14)19-4/h5-10,18H,11-13H2,1-4H3. The lowest BCUT2D eigenvalue weighted by Gasteiger charge is -2.35. The monoisotopic (exact) mass is 259 g/mol. The normalized spacial score (nSPS) is 17.7. The molecule has 1 aromatic carbocycles. The van der Waals surface area contributed by atoms with Crippen molar-refractivity contribution in [2.45, 2.75) is 44.6 Å². The van der Waals surface area contributed by atoms with Crippen molar-refractivity contribution in [3.8, 4) is 5.75 Å². The van der Waals surface area contributed by atoms with Crippen LogP contribution < -0.4 is 10.1 Å². The van der Waals surface area contributed by atoms with Crippen molar-refractivity contribution < 1.29 is 4.74 Å². The van der Waals surface area contributed by atoms with Gasteiger partial charge >= 0.3 is 0 Å². The number of ether oxygens (including phenoxy) is 1. The third-order valence-electron chi connectivity index (χ3n) is 3.82. The van der Waals surface area contributed by atoms with E-state index >= 15 is 0 Å². The molecule has 2 heteroatoms. The van der Waals surface area contributed by atoms with Crippen LogP contribution in [0.2, 0.25) is 0 Å². The highest BCUT2D eigenvalue weighted by atomic mass is 16.5. The van der Waals surface area contributed by atoms with E-state index in [2.05, 4.69) is 56.4 Å². The number of nitrogens with one attached hydrogen (secondary N) is 1. The van der Waals surface area contributed by atoms with Gasteiger partial charge in [-0.2, -0.15) is 0 Å². The van der Waals surface area contributed by atoms with Gasteiger partial charge in [-0.25, -0.2) is 0 Å². The van der Waals surface area contributed by atoms with Gasteiger partial charge in [-0.3, -0.25) is 0 Å². The molecule has 0 heterocycles. The molecule has 0 unspecified atom stereocenters. The minimum absolute atomic E-state index is 0.137. The summed E-state index contributed by atoms with van der Waals surface area (Å²) in [6.45, 7) is 7.62. The van der Waals surface area contributed by atoms with Crippen LogP contribution in [0, 0.1) is 0 Å². The summed E-state index contributed by atoms with van der Waals surface area (Å²) in [7, 11) is 1.76. The smallest absolute Gasteiger partial charge is 0.122 e. The predicted octanol–water partition coefficient (Wildman–Crippen LogP) is 3.67. The first-order chi connectivity index (χ1) is 8.97. The van der Waals surface area contributed by atoms with Gasteiger partial charge in [0.2, 0.25) is 0 Å². The molecule has 2 nitrogen and oxygen atoms in total. The van der Waals surface area contributed by atoms with E-state index in [0.717, 1.165) is 25.1 Å². The van der Waals surface area contributed by atoms with E-state index in [1.807, 2.05) is 6.07 Å². The average molecular weight is 259 g/mol. The van der Waals surface area contributed by atoms with E-state index in [1.54, 1.807) is 7.11 Å². The minimum atomic E-state index is 0.137. The molecule has 1 aliphatic carbocycles. The summed E-state index contributed by atoms with van der Waals surface area (Å²) in [5.74, 6) is 1.00. The van der Waals surface area contributed by atoms with E-state index in [1.165, 1.54) is 5.56 Å². The van der Waals surface area contributed by atoms with Gasteiger partial charge in [-0.15, -0.1) is 0 Å². The van der Waals surface area contributed by atoms with Crippen molar-refractivity contribution in [3.63, 3.8) is 0 Å². The molecule has 0 radical (unpaired) electrons. The van der Waals surface area contributed by atoms with Crippen molar-refractivity contribution >= 4 is 0 Å². The fourth-order valence-electron chi connectivity index (χ4n) is 2.68. The van der Waals surface area contributed by atoms with Crippen LogP contribution >= 0.6 is 0 Å². The summed E-state index contributed by atoms with van der Waals surface area (Å²) in [5, 5.41) is 3.66. The van der Waals surface area contributed by atoms with Gasteiger partial charge in [0, 0.05) is 23.1 Å². The maximum Gasteiger partial charge on any atom is 0.122 e. The molecule has 0 saturated carbocycles. The second-order valence-corrected chi connectivity index (χ2v) is 6.46. The maximum absolute atomic E-state index is 5.56. The molecule has 1 aliphatic rings. The zero-order valence-corrected chi connectivity index (χ0v) is 12.5. The minimum Gasteiger partial charge on any atom is -0.496 e. The molecule has 0 bridgehead atoms. The van der Waals surface area contributed by atoms with Gasteiger partial charge < -0.3 is 10.1 Å². The molecular formula is C17H25NO. The van der Waals surface area contributed by atoms with Gasteiger partial charge in [0.15, 0.2) is 0 Å². The number of methoxy groups -OCH3 is 1. The first kappa shape index (κ1) is 14.1. The number of benzene rings is 1. The van der Waals surface area contributed by atoms with Crippen molar-refractivity contribution in [1.82, 2.24) is 5.32 Å². The second-order valence-electron chi connectivity index (χ2n) is 6.46. The Morgan fingerprint density at radius 3 is 2.37 bits per heavy atom. The lowest BCUT2D eigenvalue weighted by atomic mass is 9.77. The van der Waals surface area contributed by atoms with E-state index in [4.69, 9.17) is 4.74 Å². The lowest BCUT2D eigenvalue weighted by Crippen LogP contribution is -2.45. The molecule has 0 saturated heterocycles. The van der Waals surface area contributed by atoms with E-state index in [9.17, 15) is 0 Å². The molecule has 19 heavy (non-hydrogen) atoms. The van der Waals surface area contributed by atoms with Gasteiger partial charge in [0.05, 0.1) is 7.11 Å². The molecule has 0 amide bonds. The highest BCUT2D eigenvalue weighted by molar-refractivity contribution is 5.42. The van der Waals surface area contributed by atoms with Crippen molar-refractivity contribution in [2.24, 2.45) is 0 Å². The van der Waals surface area contributed by atoms with Crippen LogP contribution in [0.3, 0.4) is 0 Å². The summed E-state index contributed by atoms with van der Waals surface area (Å²) in [6, 6.07) is 8.41. The molecule has 0 fully saturated rings. The first-order valence-electron chi connectivity index (χ1n) is 7.00. The Kier molecular flexibility index (Phi) is 4.00. The Balaban J connectivity index is 2.29. The maximum atomic E-state index is 5.56. The highest BCUT2D eigenvalue weighted by Crippen LogP contribution is 2.41. The first-order valence-corrected chi connectivity index (χ1v) is 7.00. The molecule has 1 N–H and O–H groups in total. The largest absolute Gasteiger partial charge is 0.496 e. The fraction of sp³-hybridized carbons (Fsp3) is 0.529. The molecule has 0 spiro atoms. The fourth-order valence-corrected chi connectivity index (χ4v) is 2.68. The van der Waals surface area contributed by atoms with Crippen LogP contribution in [0.25, 0.3) is 0 Å². The summed E-state index contributed by atoms with van der Waals surface area (Å²) in [4.78, 5) is 0. The van der Waals surface area contributed by atoms with E-state index in [0.29, 0.717) is 0 Å². The summed E-state index contributed by atoms with van der Waals surface area (Å²) >= 11 is 0. The van der Waals surface area contributed by atoms with Gasteiger partial charge in [-0.1, -0.05) is 30.4 Å². The summed E-state index contributed by atoms with van der Waals surface area (Å²) in [5.41, 5.74) is 1.59. The van der Waals surface area contributed by atoms with Crippen LogP contribution in [0.4, 0.5) is 0 Å². The molecular weight excluding hydrogens is 234 g/mol. The van der Waals surface area contributed by atoms with Crippen LogP contribution in [0.15, 0.2) is 36.4 Å². The Bertz CT molecular complexity index is 449. The number of allylic oxidation sites excluding steroid dienone is 2.